The molecule has 0 bridgehead atoms. The quantitative estimate of drug-likeness (QED) is 0.680. The Hall–Kier alpha value is -2.04. The average Bonchev–Trinajstić information content (AvgIpc) is 2.20. The Morgan fingerprint density at radius 3 is 2.31 bits per heavy atom. The summed E-state index contributed by atoms with van der Waals surface area (Å²) >= 11 is 0. The second kappa shape index (κ2) is 3.14. The molecule has 0 atom stereocenters. The summed E-state index contributed by atoms with van der Waals surface area (Å²) in [6.07, 6.45) is 7.87. The molecule has 0 amide bonds. The fourth-order valence-electron chi connectivity index (χ4n) is 0.885. The molecule has 0 radical (unpaired) electrons. The highest BCUT2D eigenvalue weighted by atomic mass is 14.9. The Bertz CT molecular complexity index is 383. The summed E-state index contributed by atoms with van der Waals surface area (Å²) in [7, 11) is 0. The molecule has 0 aliphatic carbocycles. The van der Waals surface area contributed by atoms with Crippen LogP contribution in [-0.2, 0) is 0 Å². The number of anilines is 1. The Morgan fingerprint density at radius 1 is 0.923 bits per heavy atom. The lowest BCUT2D eigenvalue weighted by atomic mass is 10.4. The highest BCUT2D eigenvalue weighted by molar-refractivity contribution is 5.48. The number of nitrogens with two attached hydrogens (primary N) is 1. The van der Waals surface area contributed by atoms with Crippen molar-refractivity contribution in [1.29, 1.82) is 0 Å². The third kappa shape index (κ3) is 1.58. The zero-order valence-electron chi connectivity index (χ0n) is 6.75. The van der Waals surface area contributed by atoms with Crippen LogP contribution in [0.1, 0.15) is 0 Å². The zero-order chi connectivity index (χ0) is 9.10. The molecule has 0 aliphatic rings. The van der Waals surface area contributed by atoms with Crippen LogP contribution in [0.5, 0.6) is 0 Å². The van der Waals surface area contributed by atoms with Crippen LogP contribution < -0.4 is 5.73 Å². The van der Waals surface area contributed by atoms with Gasteiger partial charge in [-0.2, -0.15) is 0 Å². The van der Waals surface area contributed by atoms with Crippen LogP contribution in [0.4, 0.5) is 5.69 Å². The van der Waals surface area contributed by atoms with Crippen molar-refractivity contribution in [2.45, 2.75) is 0 Å². The van der Waals surface area contributed by atoms with Gasteiger partial charge >= 0.3 is 0 Å². The molecule has 2 heterocycles. The second-order valence-electron chi connectivity index (χ2n) is 2.43. The van der Waals surface area contributed by atoms with Crippen LogP contribution >= 0.6 is 0 Å². The summed E-state index contributed by atoms with van der Waals surface area (Å²) in [5.74, 6) is 0.530. The molecule has 0 fully saturated rings. The van der Waals surface area contributed by atoms with Crippen LogP contribution in [0.3, 0.4) is 0 Å². The van der Waals surface area contributed by atoms with E-state index in [1.165, 1.54) is 12.4 Å². The van der Waals surface area contributed by atoms with Gasteiger partial charge in [-0.25, -0.2) is 15.0 Å². The van der Waals surface area contributed by atoms with Crippen molar-refractivity contribution in [2.24, 2.45) is 0 Å². The van der Waals surface area contributed by atoms with Crippen molar-refractivity contribution in [3.05, 3.63) is 31.0 Å². The molecule has 0 aliphatic heterocycles. The van der Waals surface area contributed by atoms with Gasteiger partial charge in [0.2, 0.25) is 0 Å². The zero-order valence-corrected chi connectivity index (χ0v) is 6.75. The number of hydrogen-bond donors (Lipinski definition) is 1. The van der Waals surface area contributed by atoms with Crippen LogP contribution in [0.2, 0.25) is 0 Å². The first-order valence-electron chi connectivity index (χ1n) is 3.70. The molecule has 0 spiro atoms. The minimum Gasteiger partial charge on any atom is -0.396 e. The highest BCUT2D eigenvalue weighted by Crippen LogP contribution is 2.08. The number of nitrogen functional groups attached to an aromatic ring is 1. The lowest BCUT2D eigenvalue weighted by molar-refractivity contribution is 1.11. The first-order valence-corrected chi connectivity index (χ1v) is 3.70. The SMILES string of the molecule is Nc1cnc(-c2cnccn2)nc1. The molecule has 2 rings (SSSR count). The summed E-state index contributed by atoms with van der Waals surface area (Å²) in [6, 6.07) is 0. The summed E-state index contributed by atoms with van der Waals surface area (Å²) in [4.78, 5) is 16.0. The number of aromatic nitrogens is 4. The Morgan fingerprint density at radius 2 is 1.69 bits per heavy atom. The average molecular weight is 173 g/mol. The molecule has 5 nitrogen and oxygen atoms in total. The Kier molecular flexibility index (Phi) is 1.84. The molecule has 13 heavy (non-hydrogen) atoms. The predicted molar refractivity (Wildman–Crippen MR) is 47.5 cm³/mol. The number of hydrogen-bond acceptors (Lipinski definition) is 5. The van der Waals surface area contributed by atoms with E-state index in [1.54, 1.807) is 18.6 Å². The van der Waals surface area contributed by atoms with Gasteiger partial charge < -0.3 is 5.73 Å². The predicted octanol–water partition coefficient (Wildman–Crippen LogP) is 0.516. The molecule has 5 heteroatoms. The largest absolute Gasteiger partial charge is 0.396 e. The van der Waals surface area contributed by atoms with Gasteiger partial charge in [0.05, 0.1) is 24.3 Å². The van der Waals surface area contributed by atoms with Gasteiger partial charge in [0.15, 0.2) is 5.82 Å². The van der Waals surface area contributed by atoms with E-state index in [-0.39, 0.29) is 0 Å². The Labute approximate surface area is 74.7 Å². The fourth-order valence-corrected chi connectivity index (χ4v) is 0.885. The van der Waals surface area contributed by atoms with Crippen molar-refractivity contribution >= 4 is 5.69 Å². The lowest BCUT2D eigenvalue weighted by Crippen LogP contribution is -1.94. The van der Waals surface area contributed by atoms with E-state index in [1.807, 2.05) is 0 Å². The lowest BCUT2D eigenvalue weighted by Gasteiger charge is -1.96. The number of rotatable bonds is 1. The molecule has 64 valence electrons. The maximum Gasteiger partial charge on any atom is 0.179 e. The molecular formula is C8H7N5. The van der Waals surface area contributed by atoms with Crippen molar-refractivity contribution in [3.63, 3.8) is 0 Å². The fraction of sp³-hybridized carbons (Fsp3) is 0. The molecule has 2 N–H and O–H groups in total. The summed E-state index contributed by atoms with van der Waals surface area (Å²) in [6.45, 7) is 0. The monoisotopic (exact) mass is 173 g/mol. The summed E-state index contributed by atoms with van der Waals surface area (Å²) in [5.41, 5.74) is 6.62. The molecule has 2 aromatic heterocycles. The molecule has 2 aromatic rings. The topological polar surface area (TPSA) is 77.6 Å². The van der Waals surface area contributed by atoms with Crippen LogP contribution in [0, 0.1) is 0 Å². The molecule has 0 saturated heterocycles. The number of nitrogens with zero attached hydrogens (tertiary/aromatic N) is 4. The van der Waals surface area contributed by atoms with E-state index in [0.717, 1.165) is 0 Å². The van der Waals surface area contributed by atoms with Gasteiger partial charge in [-0.15, -0.1) is 0 Å². The van der Waals surface area contributed by atoms with Crippen LogP contribution in [-0.4, -0.2) is 19.9 Å². The van der Waals surface area contributed by atoms with E-state index in [0.29, 0.717) is 17.2 Å². The van der Waals surface area contributed by atoms with Gasteiger partial charge in [-0.05, 0) is 0 Å². The molecule has 0 saturated carbocycles. The third-order valence-corrected chi connectivity index (χ3v) is 1.46. The Balaban J connectivity index is 2.42. The van der Waals surface area contributed by atoms with Crippen LogP contribution in [0.25, 0.3) is 11.5 Å². The standard InChI is InChI=1S/C8H7N5/c9-6-3-12-8(13-4-6)7-5-10-1-2-11-7/h1-5H,9H2. The van der Waals surface area contributed by atoms with E-state index in [2.05, 4.69) is 19.9 Å². The van der Waals surface area contributed by atoms with Crippen molar-refractivity contribution in [3.8, 4) is 11.5 Å². The maximum absolute atomic E-state index is 5.44. The molecule has 0 aromatic carbocycles. The first kappa shape index (κ1) is 7.60. The minimum atomic E-state index is 0.530. The third-order valence-electron chi connectivity index (χ3n) is 1.46. The van der Waals surface area contributed by atoms with Crippen molar-refractivity contribution in [1.82, 2.24) is 19.9 Å². The highest BCUT2D eigenvalue weighted by Gasteiger charge is 2.00. The van der Waals surface area contributed by atoms with E-state index < -0.39 is 0 Å². The van der Waals surface area contributed by atoms with Gasteiger partial charge in [-0.1, -0.05) is 0 Å². The van der Waals surface area contributed by atoms with Gasteiger partial charge in [0.25, 0.3) is 0 Å². The van der Waals surface area contributed by atoms with Crippen molar-refractivity contribution < 1.29 is 0 Å². The van der Waals surface area contributed by atoms with Crippen LogP contribution in [0.15, 0.2) is 31.0 Å². The molecule has 0 unspecified atom stereocenters. The van der Waals surface area contributed by atoms with E-state index in [4.69, 9.17) is 5.73 Å². The van der Waals surface area contributed by atoms with E-state index in [9.17, 15) is 0 Å². The minimum absolute atomic E-state index is 0.530. The van der Waals surface area contributed by atoms with Gasteiger partial charge in [0, 0.05) is 12.4 Å². The first-order chi connectivity index (χ1) is 6.36. The molecular weight excluding hydrogens is 166 g/mol. The van der Waals surface area contributed by atoms with E-state index >= 15 is 0 Å². The van der Waals surface area contributed by atoms with Crippen molar-refractivity contribution in [2.75, 3.05) is 5.73 Å². The summed E-state index contributed by atoms with van der Waals surface area (Å²) < 4.78 is 0. The summed E-state index contributed by atoms with van der Waals surface area (Å²) in [5, 5.41) is 0. The van der Waals surface area contributed by atoms with Gasteiger partial charge in [-0.3, -0.25) is 4.98 Å². The van der Waals surface area contributed by atoms with Gasteiger partial charge in [0.1, 0.15) is 5.69 Å². The smallest absolute Gasteiger partial charge is 0.179 e. The maximum atomic E-state index is 5.44. The normalized spacial score (nSPS) is 9.85. The second-order valence-corrected chi connectivity index (χ2v) is 2.43.